The number of anilines is 1. The average Bonchev–Trinajstić information content (AvgIpc) is 2.85. The van der Waals surface area contributed by atoms with Gasteiger partial charge in [-0.25, -0.2) is 0 Å². The molecule has 2 aromatic rings. The van der Waals surface area contributed by atoms with Gasteiger partial charge in [0.15, 0.2) is 0 Å². The SMILES string of the molecule is COc1ccc(-c2cncc(N3CC4CC5CC3CN(C5)C4)c2)cc1C. The van der Waals surface area contributed by atoms with Gasteiger partial charge in [-0.05, 0) is 60.9 Å². The van der Waals surface area contributed by atoms with Crippen molar-refractivity contribution in [2.75, 3.05) is 38.2 Å². The standard InChI is InChI=1S/C22H27N3O/c1-15-5-18(3-4-22(15)26-2)19-8-20(10-23-9-19)25-13-17-6-16-7-21(25)14-24(11-16)12-17/h3-5,8-10,16-17,21H,6-7,11-14H2,1-2H3. The fraction of sp³-hybridized carbons (Fsp3) is 0.500. The monoisotopic (exact) mass is 349 g/mol. The van der Waals surface area contributed by atoms with E-state index in [1.165, 1.54) is 55.8 Å². The predicted molar refractivity (Wildman–Crippen MR) is 105 cm³/mol. The Bertz CT molecular complexity index is 807. The quantitative estimate of drug-likeness (QED) is 0.847. The van der Waals surface area contributed by atoms with Crippen LogP contribution in [-0.2, 0) is 0 Å². The van der Waals surface area contributed by atoms with Crippen molar-refractivity contribution in [1.29, 1.82) is 0 Å². The Balaban J connectivity index is 1.47. The molecule has 1 aromatic heterocycles. The Morgan fingerprint density at radius 3 is 2.65 bits per heavy atom. The Kier molecular flexibility index (Phi) is 3.89. The van der Waals surface area contributed by atoms with Crippen molar-refractivity contribution < 1.29 is 4.74 Å². The topological polar surface area (TPSA) is 28.6 Å². The lowest BCUT2D eigenvalue weighted by atomic mass is 9.84. The van der Waals surface area contributed by atoms with Crippen LogP contribution in [0.2, 0.25) is 0 Å². The van der Waals surface area contributed by atoms with E-state index < -0.39 is 0 Å². The van der Waals surface area contributed by atoms with E-state index in [1.54, 1.807) is 7.11 Å². The third-order valence-electron chi connectivity index (χ3n) is 6.45. The van der Waals surface area contributed by atoms with Crippen molar-refractivity contribution in [2.24, 2.45) is 11.8 Å². The first-order chi connectivity index (χ1) is 12.7. The van der Waals surface area contributed by atoms with Gasteiger partial charge in [-0.2, -0.15) is 0 Å². The molecule has 0 radical (unpaired) electrons. The number of aromatic nitrogens is 1. The van der Waals surface area contributed by atoms with Crippen LogP contribution in [0.4, 0.5) is 5.69 Å². The van der Waals surface area contributed by atoms with Crippen LogP contribution in [0, 0.1) is 18.8 Å². The lowest BCUT2D eigenvalue weighted by Gasteiger charge is -2.41. The third-order valence-corrected chi connectivity index (χ3v) is 6.45. The summed E-state index contributed by atoms with van der Waals surface area (Å²) in [5.41, 5.74) is 4.85. The molecule has 4 saturated heterocycles. The second-order valence-electron chi connectivity index (χ2n) is 8.34. The fourth-order valence-electron chi connectivity index (χ4n) is 5.40. The Morgan fingerprint density at radius 2 is 1.85 bits per heavy atom. The molecule has 6 rings (SSSR count). The molecular weight excluding hydrogens is 322 g/mol. The summed E-state index contributed by atoms with van der Waals surface area (Å²) in [6.45, 7) is 7.11. The molecule has 0 aliphatic carbocycles. The lowest BCUT2D eigenvalue weighted by molar-refractivity contribution is 0.0980. The molecule has 5 heterocycles. The van der Waals surface area contributed by atoms with Crippen LogP contribution in [0.15, 0.2) is 36.7 Å². The van der Waals surface area contributed by atoms with Gasteiger partial charge in [0.1, 0.15) is 5.75 Å². The number of hydrogen-bond acceptors (Lipinski definition) is 4. The van der Waals surface area contributed by atoms with Gasteiger partial charge in [0.05, 0.1) is 19.0 Å². The van der Waals surface area contributed by atoms with E-state index in [9.17, 15) is 0 Å². The number of rotatable bonds is 3. The van der Waals surface area contributed by atoms with Crippen molar-refractivity contribution in [3.05, 3.63) is 42.2 Å². The van der Waals surface area contributed by atoms with Crippen LogP contribution < -0.4 is 9.64 Å². The van der Waals surface area contributed by atoms with Crippen LogP contribution in [0.25, 0.3) is 11.1 Å². The minimum Gasteiger partial charge on any atom is -0.496 e. The number of piperidine rings is 2. The van der Waals surface area contributed by atoms with Crippen LogP contribution in [0.1, 0.15) is 18.4 Å². The number of aryl methyl sites for hydroxylation is 1. The average molecular weight is 349 g/mol. The molecule has 4 atom stereocenters. The molecule has 26 heavy (non-hydrogen) atoms. The highest BCUT2D eigenvalue weighted by atomic mass is 16.5. The molecule has 4 bridgehead atoms. The lowest BCUT2D eigenvalue weighted by Crippen LogP contribution is -2.49. The van der Waals surface area contributed by atoms with Gasteiger partial charge in [0, 0.05) is 44.0 Å². The molecule has 0 amide bonds. The van der Waals surface area contributed by atoms with Crippen molar-refractivity contribution in [1.82, 2.24) is 9.88 Å². The predicted octanol–water partition coefficient (Wildman–Crippen LogP) is 3.60. The first kappa shape index (κ1) is 16.1. The number of ether oxygens (including phenoxy) is 1. The molecule has 4 unspecified atom stereocenters. The van der Waals surface area contributed by atoms with Crippen LogP contribution >= 0.6 is 0 Å². The van der Waals surface area contributed by atoms with Gasteiger partial charge in [0.25, 0.3) is 0 Å². The summed E-state index contributed by atoms with van der Waals surface area (Å²) in [7, 11) is 1.72. The zero-order valence-corrected chi connectivity index (χ0v) is 15.7. The molecule has 0 saturated carbocycles. The number of benzene rings is 1. The van der Waals surface area contributed by atoms with Crippen LogP contribution in [0.3, 0.4) is 0 Å². The number of methoxy groups -OCH3 is 1. The van der Waals surface area contributed by atoms with Crippen LogP contribution in [0.5, 0.6) is 5.75 Å². The second kappa shape index (κ2) is 6.27. The van der Waals surface area contributed by atoms with Crippen molar-refractivity contribution in [2.45, 2.75) is 25.8 Å². The summed E-state index contributed by atoms with van der Waals surface area (Å²) < 4.78 is 5.40. The minimum atomic E-state index is 0.649. The molecule has 4 aliphatic rings. The minimum absolute atomic E-state index is 0.649. The number of fused-ring (bicyclic) bond motifs is 1. The molecular formula is C22H27N3O. The maximum Gasteiger partial charge on any atom is 0.121 e. The first-order valence-corrected chi connectivity index (χ1v) is 9.78. The normalized spacial score (nSPS) is 29.7. The molecule has 0 N–H and O–H groups in total. The molecule has 4 aliphatic heterocycles. The van der Waals surface area contributed by atoms with Gasteiger partial charge in [-0.3, -0.25) is 4.98 Å². The summed E-state index contributed by atoms with van der Waals surface area (Å²) in [5.74, 6) is 2.65. The maximum atomic E-state index is 5.40. The van der Waals surface area contributed by atoms with Crippen LogP contribution in [-0.4, -0.2) is 49.2 Å². The molecule has 4 fully saturated rings. The summed E-state index contributed by atoms with van der Waals surface area (Å²) in [6.07, 6.45) is 6.80. The Morgan fingerprint density at radius 1 is 0.962 bits per heavy atom. The number of pyridine rings is 1. The van der Waals surface area contributed by atoms with Crippen molar-refractivity contribution >= 4 is 5.69 Å². The highest BCUT2D eigenvalue weighted by molar-refractivity contribution is 5.69. The van der Waals surface area contributed by atoms with Crippen molar-refractivity contribution in [3.8, 4) is 16.9 Å². The molecule has 4 heteroatoms. The molecule has 4 nitrogen and oxygen atoms in total. The van der Waals surface area contributed by atoms with E-state index in [0.717, 1.165) is 23.1 Å². The Hall–Kier alpha value is -2.07. The van der Waals surface area contributed by atoms with Gasteiger partial charge in [0.2, 0.25) is 0 Å². The third kappa shape index (κ3) is 2.77. The second-order valence-corrected chi connectivity index (χ2v) is 8.34. The zero-order valence-electron chi connectivity index (χ0n) is 15.7. The van der Waals surface area contributed by atoms with E-state index in [2.05, 4.69) is 52.2 Å². The molecule has 136 valence electrons. The molecule has 0 spiro atoms. The highest BCUT2D eigenvalue weighted by Crippen LogP contribution is 2.39. The molecule has 1 aromatic carbocycles. The van der Waals surface area contributed by atoms with Gasteiger partial charge >= 0.3 is 0 Å². The Labute approximate surface area is 155 Å². The summed E-state index contributed by atoms with van der Waals surface area (Å²) in [4.78, 5) is 9.94. The first-order valence-electron chi connectivity index (χ1n) is 9.78. The van der Waals surface area contributed by atoms with Gasteiger partial charge < -0.3 is 14.5 Å². The summed E-state index contributed by atoms with van der Waals surface area (Å²) >= 11 is 0. The van der Waals surface area contributed by atoms with E-state index >= 15 is 0 Å². The smallest absolute Gasteiger partial charge is 0.121 e. The summed E-state index contributed by atoms with van der Waals surface area (Å²) in [6, 6.07) is 9.36. The van der Waals surface area contributed by atoms with E-state index in [0.29, 0.717) is 6.04 Å². The van der Waals surface area contributed by atoms with Gasteiger partial charge in [-0.1, -0.05) is 6.07 Å². The fourth-order valence-corrected chi connectivity index (χ4v) is 5.40. The van der Waals surface area contributed by atoms with E-state index in [-0.39, 0.29) is 0 Å². The largest absolute Gasteiger partial charge is 0.496 e. The zero-order chi connectivity index (χ0) is 17.7. The highest BCUT2D eigenvalue weighted by Gasteiger charge is 2.41. The van der Waals surface area contributed by atoms with E-state index in [1.807, 2.05) is 6.20 Å². The maximum absolute atomic E-state index is 5.40. The van der Waals surface area contributed by atoms with Crippen molar-refractivity contribution in [3.63, 3.8) is 0 Å². The summed E-state index contributed by atoms with van der Waals surface area (Å²) in [5, 5.41) is 0. The number of nitrogens with zero attached hydrogens (tertiary/aromatic N) is 3. The number of hydrogen-bond donors (Lipinski definition) is 0. The van der Waals surface area contributed by atoms with Gasteiger partial charge in [-0.15, -0.1) is 0 Å². The van der Waals surface area contributed by atoms with E-state index in [4.69, 9.17) is 4.74 Å².